The molecule has 0 aliphatic rings. The van der Waals surface area contributed by atoms with Gasteiger partial charge in [-0.1, -0.05) is 45.0 Å². The van der Waals surface area contributed by atoms with Crippen LogP contribution in [0, 0.1) is 0 Å². The van der Waals surface area contributed by atoms with Gasteiger partial charge >= 0.3 is 5.97 Å². The van der Waals surface area contributed by atoms with Gasteiger partial charge in [0.25, 0.3) is 5.91 Å². The largest absolute Gasteiger partial charge is 0.495 e. The third-order valence-electron chi connectivity index (χ3n) is 4.51. The Morgan fingerprint density at radius 3 is 2.50 bits per heavy atom. The zero-order valence-electron chi connectivity index (χ0n) is 17.5. The maximum absolute atomic E-state index is 12.3. The molecule has 3 rings (SSSR count). The molecule has 0 radical (unpaired) electrons. The van der Waals surface area contributed by atoms with Gasteiger partial charge in [0.2, 0.25) is 0 Å². The second kappa shape index (κ2) is 8.82. The maximum Gasteiger partial charge on any atom is 0.341 e. The van der Waals surface area contributed by atoms with E-state index in [1.54, 1.807) is 16.9 Å². The molecule has 30 heavy (non-hydrogen) atoms. The van der Waals surface area contributed by atoms with E-state index in [2.05, 4.69) is 31.2 Å². The van der Waals surface area contributed by atoms with E-state index >= 15 is 0 Å². The van der Waals surface area contributed by atoms with Gasteiger partial charge in [-0.05, 0) is 35.2 Å². The number of esters is 1. The quantitative estimate of drug-likeness (QED) is 0.625. The van der Waals surface area contributed by atoms with Crippen LogP contribution in [0.4, 0.5) is 5.69 Å². The minimum absolute atomic E-state index is 0.0862. The monoisotopic (exact) mass is 407 g/mol. The molecular formula is C23H25N3O4. The van der Waals surface area contributed by atoms with Crippen molar-refractivity contribution in [3.63, 3.8) is 0 Å². The number of carbonyl (C=O) groups is 2. The van der Waals surface area contributed by atoms with Gasteiger partial charge in [0.1, 0.15) is 5.75 Å². The highest BCUT2D eigenvalue weighted by Crippen LogP contribution is 2.31. The number of anilines is 1. The summed E-state index contributed by atoms with van der Waals surface area (Å²) in [5.41, 5.74) is 2.57. The van der Waals surface area contributed by atoms with Crippen molar-refractivity contribution in [2.45, 2.75) is 26.2 Å². The zero-order valence-corrected chi connectivity index (χ0v) is 17.5. The van der Waals surface area contributed by atoms with Crippen molar-refractivity contribution in [3.05, 3.63) is 72.1 Å². The van der Waals surface area contributed by atoms with Gasteiger partial charge in [-0.3, -0.25) is 4.79 Å². The first kappa shape index (κ1) is 21.1. The van der Waals surface area contributed by atoms with Crippen molar-refractivity contribution in [3.8, 4) is 11.4 Å². The Balaban J connectivity index is 1.62. The Bertz CT molecular complexity index is 1040. The second-order valence-electron chi connectivity index (χ2n) is 7.80. The van der Waals surface area contributed by atoms with Gasteiger partial charge in [-0.2, -0.15) is 5.10 Å². The fourth-order valence-corrected chi connectivity index (χ4v) is 2.82. The SMILES string of the molecule is COc1ccc(C(C)(C)C)cc1NC(=O)COC(=O)c1cnn(-c2ccccc2)c1. The predicted molar refractivity (Wildman–Crippen MR) is 114 cm³/mol. The van der Waals surface area contributed by atoms with E-state index in [1.807, 2.05) is 42.5 Å². The number of methoxy groups -OCH3 is 1. The highest BCUT2D eigenvalue weighted by atomic mass is 16.5. The first-order valence-electron chi connectivity index (χ1n) is 9.53. The van der Waals surface area contributed by atoms with Crippen LogP contribution in [-0.2, 0) is 14.9 Å². The lowest BCUT2D eigenvalue weighted by Gasteiger charge is -2.21. The summed E-state index contributed by atoms with van der Waals surface area (Å²) in [7, 11) is 1.53. The molecule has 7 heteroatoms. The van der Waals surface area contributed by atoms with Crippen molar-refractivity contribution < 1.29 is 19.1 Å². The highest BCUT2D eigenvalue weighted by molar-refractivity contribution is 5.96. The number of rotatable bonds is 6. The van der Waals surface area contributed by atoms with Gasteiger partial charge in [-0.25, -0.2) is 9.48 Å². The molecule has 0 saturated carbocycles. The molecule has 0 aliphatic heterocycles. The topological polar surface area (TPSA) is 82.4 Å². The lowest BCUT2D eigenvalue weighted by Crippen LogP contribution is -2.21. The first-order chi connectivity index (χ1) is 14.3. The van der Waals surface area contributed by atoms with Gasteiger partial charge in [0.15, 0.2) is 6.61 Å². The Morgan fingerprint density at radius 2 is 1.83 bits per heavy atom. The molecule has 0 unspecified atom stereocenters. The lowest BCUT2D eigenvalue weighted by atomic mass is 9.87. The van der Waals surface area contributed by atoms with Crippen LogP contribution in [0.15, 0.2) is 60.9 Å². The van der Waals surface area contributed by atoms with Crippen LogP contribution in [0.2, 0.25) is 0 Å². The maximum atomic E-state index is 12.3. The summed E-state index contributed by atoms with van der Waals surface area (Å²) in [6.45, 7) is 5.83. The number of nitrogens with zero attached hydrogens (tertiary/aromatic N) is 2. The van der Waals surface area contributed by atoms with Crippen LogP contribution in [0.25, 0.3) is 5.69 Å². The molecule has 1 N–H and O–H groups in total. The number of hydrogen-bond acceptors (Lipinski definition) is 5. The normalized spacial score (nSPS) is 11.1. The van der Waals surface area contributed by atoms with E-state index in [4.69, 9.17) is 9.47 Å². The van der Waals surface area contributed by atoms with E-state index in [9.17, 15) is 9.59 Å². The van der Waals surface area contributed by atoms with E-state index in [0.717, 1.165) is 11.3 Å². The molecule has 0 saturated heterocycles. The fourth-order valence-electron chi connectivity index (χ4n) is 2.82. The summed E-state index contributed by atoms with van der Waals surface area (Å²) < 4.78 is 12.0. The number of carbonyl (C=O) groups excluding carboxylic acids is 2. The number of aromatic nitrogens is 2. The first-order valence-corrected chi connectivity index (χ1v) is 9.53. The van der Waals surface area contributed by atoms with Crippen molar-refractivity contribution in [2.24, 2.45) is 0 Å². The van der Waals surface area contributed by atoms with E-state index in [1.165, 1.54) is 13.3 Å². The summed E-state index contributed by atoms with van der Waals surface area (Å²) in [6.07, 6.45) is 2.97. The average Bonchev–Trinajstić information content (AvgIpc) is 3.22. The van der Waals surface area contributed by atoms with Gasteiger partial charge in [0.05, 0.1) is 30.2 Å². The van der Waals surface area contributed by atoms with Gasteiger partial charge in [-0.15, -0.1) is 0 Å². The Hall–Kier alpha value is -3.61. The van der Waals surface area contributed by atoms with E-state index in [0.29, 0.717) is 11.4 Å². The minimum Gasteiger partial charge on any atom is -0.495 e. The highest BCUT2D eigenvalue weighted by Gasteiger charge is 2.18. The molecule has 1 heterocycles. The summed E-state index contributed by atoms with van der Waals surface area (Å²) in [4.78, 5) is 24.6. The van der Waals surface area contributed by atoms with Crippen LogP contribution in [0.1, 0.15) is 36.7 Å². The Labute approximate surface area is 175 Å². The van der Waals surface area contributed by atoms with E-state index in [-0.39, 0.29) is 11.0 Å². The van der Waals surface area contributed by atoms with Crippen LogP contribution in [0.5, 0.6) is 5.75 Å². The lowest BCUT2D eigenvalue weighted by molar-refractivity contribution is -0.119. The molecule has 0 atom stereocenters. The molecule has 0 spiro atoms. The molecule has 0 aliphatic carbocycles. The minimum atomic E-state index is -0.622. The number of benzene rings is 2. The summed E-state index contributed by atoms with van der Waals surface area (Å²) >= 11 is 0. The van der Waals surface area contributed by atoms with Crippen molar-refractivity contribution in [1.82, 2.24) is 9.78 Å². The van der Waals surface area contributed by atoms with Gasteiger partial charge < -0.3 is 14.8 Å². The Kier molecular flexibility index (Phi) is 6.20. The van der Waals surface area contributed by atoms with Crippen molar-refractivity contribution >= 4 is 17.6 Å². The molecule has 7 nitrogen and oxygen atoms in total. The fraction of sp³-hybridized carbons (Fsp3) is 0.261. The van der Waals surface area contributed by atoms with Crippen LogP contribution >= 0.6 is 0 Å². The summed E-state index contributed by atoms with van der Waals surface area (Å²) in [6, 6.07) is 15.0. The number of para-hydroxylation sites is 1. The number of hydrogen-bond donors (Lipinski definition) is 1. The van der Waals surface area contributed by atoms with E-state index < -0.39 is 18.5 Å². The standard InChI is InChI=1S/C23H25N3O4/c1-23(2,3)17-10-11-20(29-4)19(12-17)25-21(27)15-30-22(28)16-13-24-26(14-16)18-8-6-5-7-9-18/h5-14H,15H2,1-4H3,(H,25,27). The van der Waals surface area contributed by atoms with Crippen LogP contribution in [-0.4, -0.2) is 35.4 Å². The number of ether oxygens (including phenoxy) is 2. The van der Waals surface area contributed by atoms with Crippen LogP contribution < -0.4 is 10.1 Å². The molecule has 1 amide bonds. The number of nitrogens with one attached hydrogen (secondary N) is 1. The molecular weight excluding hydrogens is 382 g/mol. The smallest absolute Gasteiger partial charge is 0.341 e. The van der Waals surface area contributed by atoms with Crippen LogP contribution in [0.3, 0.4) is 0 Å². The van der Waals surface area contributed by atoms with Crippen molar-refractivity contribution in [2.75, 3.05) is 19.0 Å². The molecule has 156 valence electrons. The molecule has 0 bridgehead atoms. The zero-order chi connectivity index (χ0) is 21.7. The number of amides is 1. The molecule has 0 fully saturated rings. The third-order valence-corrected chi connectivity index (χ3v) is 4.51. The predicted octanol–water partition coefficient (Wildman–Crippen LogP) is 3.97. The Morgan fingerprint density at radius 1 is 1.10 bits per heavy atom. The summed E-state index contributed by atoms with van der Waals surface area (Å²) in [5.74, 6) is -0.544. The average molecular weight is 407 g/mol. The molecule has 1 aromatic heterocycles. The summed E-state index contributed by atoms with van der Waals surface area (Å²) in [5, 5.41) is 6.91. The third kappa shape index (κ3) is 5.05. The van der Waals surface area contributed by atoms with Gasteiger partial charge in [0, 0.05) is 6.20 Å². The molecule has 3 aromatic rings. The van der Waals surface area contributed by atoms with Crippen molar-refractivity contribution in [1.29, 1.82) is 0 Å². The second-order valence-corrected chi connectivity index (χ2v) is 7.80. The molecule has 2 aromatic carbocycles.